The van der Waals surface area contributed by atoms with Gasteiger partial charge >= 0.3 is 0 Å². The predicted octanol–water partition coefficient (Wildman–Crippen LogP) is 3.50. The SMILES string of the molecule is O=C(/C=C/c1ccc(F)cc1)c1ccc(OC[C@H]2CO2)cc1. The number of allylic oxidation sites excluding steroid dienone is 1. The van der Waals surface area contributed by atoms with Gasteiger partial charge in [-0.05, 0) is 48.0 Å². The number of rotatable bonds is 6. The van der Waals surface area contributed by atoms with Crippen LogP contribution in [0.25, 0.3) is 6.08 Å². The standard InChI is InChI=1S/C18H15FO3/c19-15-6-1-13(2-7-15)3-10-18(20)14-4-8-16(9-5-14)21-11-17-12-22-17/h1-10,17H,11-12H2/b10-3+/t17-/m0/s1. The molecule has 4 heteroatoms. The third-order valence-corrected chi connectivity index (χ3v) is 3.27. The van der Waals surface area contributed by atoms with Crippen molar-refractivity contribution in [3.63, 3.8) is 0 Å². The topological polar surface area (TPSA) is 38.8 Å². The first-order valence-corrected chi connectivity index (χ1v) is 7.03. The maximum atomic E-state index is 12.8. The maximum Gasteiger partial charge on any atom is 0.185 e. The lowest BCUT2D eigenvalue weighted by molar-refractivity contribution is 0.104. The highest BCUT2D eigenvalue weighted by atomic mass is 19.1. The number of carbonyl (C=O) groups is 1. The summed E-state index contributed by atoms with van der Waals surface area (Å²) in [6.07, 6.45) is 3.34. The quantitative estimate of drug-likeness (QED) is 0.465. The van der Waals surface area contributed by atoms with E-state index in [4.69, 9.17) is 9.47 Å². The molecule has 1 heterocycles. The van der Waals surface area contributed by atoms with Crippen LogP contribution in [0.5, 0.6) is 5.75 Å². The molecule has 0 saturated carbocycles. The molecule has 0 aromatic heterocycles. The number of ketones is 1. The van der Waals surface area contributed by atoms with Crippen LogP contribution in [0, 0.1) is 5.82 Å². The van der Waals surface area contributed by atoms with Crippen molar-refractivity contribution in [2.45, 2.75) is 6.10 Å². The number of halogens is 1. The Morgan fingerprint density at radius 3 is 2.50 bits per heavy atom. The molecule has 2 aromatic carbocycles. The Morgan fingerprint density at radius 1 is 1.18 bits per heavy atom. The molecule has 1 fully saturated rings. The summed E-state index contributed by atoms with van der Waals surface area (Å²) < 4.78 is 23.4. The summed E-state index contributed by atoms with van der Waals surface area (Å²) in [6.45, 7) is 1.29. The molecule has 0 aliphatic carbocycles. The van der Waals surface area contributed by atoms with Gasteiger partial charge in [0.05, 0.1) is 6.61 Å². The van der Waals surface area contributed by atoms with Crippen molar-refractivity contribution in [2.24, 2.45) is 0 Å². The third-order valence-electron chi connectivity index (χ3n) is 3.27. The van der Waals surface area contributed by atoms with E-state index in [1.54, 1.807) is 42.5 Å². The van der Waals surface area contributed by atoms with Crippen LogP contribution in [0.4, 0.5) is 4.39 Å². The summed E-state index contributed by atoms with van der Waals surface area (Å²) >= 11 is 0. The van der Waals surface area contributed by atoms with E-state index in [2.05, 4.69) is 0 Å². The normalized spacial score (nSPS) is 16.7. The van der Waals surface area contributed by atoms with Gasteiger partial charge in [-0.25, -0.2) is 4.39 Å². The first-order valence-electron chi connectivity index (χ1n) is 7.03. The van der Waals surface area contributed by atoms with Gasteiger partial charge in [0.15, 0.2) is 5.78 Å². The van der Waals surface area contributed by atoms with Crippen LogP contribution in [0.2, 0.25) is 0 Å². The molecule has 22 heavy (non-hydrogen) atoms. The predicted molar refractivity (Wildman–Crippen MR) is 81.4 cm³/mol. The van der Waals surface area contributed by atoms with Crippen LogP contribution in [-0.4, -0.2) is 25.1 Å². The van der Waals surface area contributed by atoms with E-state index in [0.29, 0.717) is 12.2 Å². The van der Waals surface area contributed by atoms with E-state index in [1.807, 2.05) is 0 Å². The van der Waals surface area contributed by atoms with Crippen molar-refractivity contribution >= 4 is 11.9 Å². The Balaban J connectivity index is 1.60. The first kappa shape index (κ1) is 14.5. The van der Waals surface area contributed by atoms with Gasteiger partial charge in [-0.3, -0.25) is 4.79 Å². The highest BCUT2D eigenvalue weighted by Gasteiger charge is 2.22. The van der Waals surface area contributed by atoms with Gasteiger partial charge in [0.25, 0.3) is 0 Å². The van der Waals surface area contributed by atoms with E-state index >= 15 is 0 Å². The van der Waals surface area contributed by atoms with Crippen molar-refractivity contribution in [3.05, 3.63) is 71.6 Å². The summed E-state index contributed by atoms with van der Waals surface area (Å²) in [6, 6.07) is 12.9. The van der Waals surface area contributed by atoms with Gasteiger partial charge in [0.1, 0.15) is 24.3 Å². The van der Waals surface area contributed by atoms with E-state index in [0.717, 1.165) is 17.9 Å². The third kappa shape index (κ3) is 4.02. The fraction of sp³-hybridized carbons (Fsp3) is 0.167. The minimum absolute atomic E-state index is 0.110. The molecule has 112 valence electrons. The zero-order valence-corrected chi connectivity index (χ0v) is 11.9. The van der Waals surface area contributed by atoms with Crippen molar-refractivity contribution < 1.29 is 18.7 Å². The first-order chi connectivity index (χ1) is 10.7. The highest BCUT2D eigenvalue weighted by Crippen LogP contribution is 2.16. The molecule has 0 unspecified atom stereocenters. The maximum absolute atomic E-state index is 12.8. The molecule has 1 aliphatic rings. The van der Waals surface area contributed by atoms with Gasteiger partial charge in [0.2, 0.25) is 0 Å². The number of ether oxygens (including phenoxy) is 2. The second kappa shape index (κ2) is 6.54. The van der Waals surface area contributed by atoms with Gasteiger partial charge in [-0.1, -0.05) is 18.2 Å². The van der Waals surface area contributed by atoms with Crippen LogP contribution in [0.1, 0.15) is 15.9 Å². The van der Waals surface area contributed by atoms with Gasteiger partial charge in [-0.2, -0.15) is 0 Å². The molecular formula is C18H15FO3. The lowest BCUT2D eigenvalue weighted by atomic mass is 10.1. The molecule has 3 nitrogen and oxygen atoms in total. The van der Waals surface area contributed by atoms with Crippen molar-refractivity contribution in [1.29, 1.82) is 0 Å². The van der Waals surface area contributed by atoms with Crippen LogP contribution in [0.3, 0.4) is 0 Å². The molecular weight excluding hydrogens is 283 g/mol. The molecule has 1 aliphatic heterocycles. The van der Waals surface area contributed by atoms with Crippen LogP contribution < -0.4 is 4.74 Å². The highest BCUT2D eigenvalue weighted by molar-refractivity contribution is 6.06. The Hall–Kier alpha value is -2.46. The second-order valence-corrected chi connectivity index (χ2v) is 5.04. The van der Waals surface area contributed by atoms with Crippen LogP contribution in [0.15, 0.2) is 54.6 Å². The Bertz CT molecular complexity index is 670. The zero-order valence-electron chi connectivity index (χ0n) is 11.9. The van der Waals surface area contributed by atoms with Gasteiger partial charge in [-0.15, -0.1) is 0 Å². The molecule has 2 aromatic rings. The fourth-order valence-corrected chi connectivity index (χ4v) is 1.91. The summed E-state index contributed by atoms with van der Waals surface area (Å²) in [5.74, 6) is 0.312. The molecule has 1 saturated heterocycles. The number of hydrogen-bond acceptors (Lipinski definition) is 3. The number of benzene rings is 2. The van der Waals surface area contributed by atoms with Gasteiger partial charge < -0.3 is 9.47 Å². The van der Waals surface area contributed by atoms with E-state index < -0.39 is 0 Å². The number of hydrogen-bond donors (Lipinski definition) is 0. The van der Waals surface area contributed by atoms with E-state index in [-0.39, 0.29) is 17.7 Å². The molecule has 0 bridgehead atoms. The largest absolute Gasteiger partial charge is 0.491 e. The second-order valence-electron chi connectivity index (χ2n) is 5.04. The average Bonchev–Trinajstić information content (AvgIpc) is 3.37. The van der Waals surface area contributed by atoms with Gasteiger partial charge in [0, 0.05) is 5.56 Å². The monoisotopic (exact) mass is 298 g/mol. The molecule has 1 atom stereocenters. The van der Waals surface area contributed by atoms with Crippen LogP contribution >= 0.6 is 0 Å². The Morgan fingerprint density at radius 2 is 1.86 bits per heavy atom. The van der Waals surface area contributed by atoms with Crippen molar-refractivity contribution in [2.75, 3.05) is 13.2 Å². The van der Waals surface area contributed by atoms with Crippen molar-refractivity contribution in [1.82, 2.24) is 0 Å². The zero-order chi connectivity index (χ0) is 15.4. The van der Waals surface area contributed by atoms with E-state index in [1.165, 1.54) is 18.2 Å². The minimum Gasteiger partial charge on any atom is -0.491 e. The van der Waals surface area contributed by atoms with E-state index in [9.17, 15) is 9.18 Å². The summed E-state index contributed by atoms with van der Waals surface area (Å²) in [7, 11) is 0. The lowest BCUT2D eigenvalue weighted by Gasteiger charge is -2.04. The molecule has 0 N–H and O–H groups in total. The molecule has 0 amide bonds. The molecule has 3 rings (SSSR count). The molecule has 0 radical (unpaired) electrons. The average molecular weight is 298 g/mol. The number of carbonyl (C=O) groups excluding carboxylic acids is 1. The van der Waals surface area contributed by atoms with Crippen LogP contribution in [-0.2, 0) is 4.74 Å². The number of epoxide rings is 1. The molecule has 0 spiro atoms. The lowest BCUT2D eigenvalue weighted by Crippen LogP contribution is -2.04. The minimum atomic E-state index is -0.296. The van der Waals surface area contributed by atoms with Crippen molar-refractivity contribution in [3.8, 4) is 5.75 Å². The fourth-order valence-electron chi connectivity index (χ4n) is 1.91. The summed E-state index contributed by atoms with van der Waals surface area (Å²) in [5, 5.41) is 0. The summed E-state index contributed by atoms with van der Waals surface area (Å²) in [4.78, 5) is 12.1. The summed E-state index contributed by atoms with van der Waals surface area (Å²) in [5.41, 5.74) is 1.35. The Labute approximate surface area is 128 Å². The smallest absolute Gasteiger partial charge is 0.185 e. The Kier molecular flexibility index (Phi) is 4.30.